The number of allylic oxidation sites excluding steroid dienone is 1. The Kier molecular flexibility index (Phi) is 11.8. The molecule has 0 bridgehead atoms. The van der Waals surface area contributed by atoms with Crippen LogP contribution in [0, 0.1) is 0 Å². The van der Waals surface area contributed by atoms with E-state index in [0.29, 0.717) is 24.3 Å². The van der Waals surface area contributed by atoms with Crippen LogP contribution in [0.4, 0.5) is 9.59 Å². The van der Waals surface area contributed by atoms with Crippen molar-refractivity contribution in [2.24, 2.45) is 0 Å². The molecule has 0 fully saturated rings. The van der Waals surface area contributed by atoms with Gasteiger partial charge in [0.25, 0.3) is 0 Å². The van der Waals surface area contributed by atoms with Crippen molar-refractivity contribution in [2.45, 2.75) is 97.7 Å². The topological polar surface area (TPSA) is 119 Å². The van der Waals surface area contributed by atoms with E-state index in [4.69, 9.17) is 14.2 Å². The summed E-state index contributed by atoms with van der Waals surface area (Å²) in [5.41, 5.74) is -0.925. The normalized spacial score (nSPS) is 13.6. The van der Waals surface area contributed by atoms with Gasteiger partial charge < -0.3 is 19.3 Å². The van der Waals surface area contributed by atoms with Gasteiger partial charge in [-0.2, -0.15) is 4.90 Å². The minimum Gasteiger partial charge on any atom is -0.480 e. The van der Waals surface area contributed by atoms with Crippen LogP contribution >= 0.6 is 0 Å². The Morgan fingerprint density at radius 3 is 1.94 bits per heavy atom. The summed E-state index contributed by atoms with van der Waals surface area (Å²) in [6, 6.07) is 8.00. The van der Waals surface area contributed by atoms with Gasteiger partial charge in [0.05, 0.1) is 6.61 Å². The number of imide groups is 1. The molecule has 1 unspecified atom stereocenters. The summed E-state index contributed by atoms with van der Waals surface area (Å²) >= 11 is 0. The fourth-order valence-corrected chi connectivity index (χ4v) is 2.96. The van der Waals surface area contributed by atoms with Crippen LogP contribution in [0.3, 0.4) is 0 Å². The van der Waals surface area contributed by atoms with Gasteiger partial charge >= 0.3 is 18.2 Å². The molecule has 0 aliphatic rings. The number of amides is 2. The average Bonchev–Trinajstić information content (AvgIpc) is 2.74. The van der Waals surface area contributed by atoms with Gasteiger partial charge in [-0.15, -0.1) is 0 Å². The van der Waals surface area contributed by atoms with Crippen LogP contribution in [0.1, 0.15) is 73.3 Å². The first-order valence-electron chi connectivity index (χ1n) is 11.9. The van der Waals surface area contributed by atoms with Crippen molar-refractivity contribution in [3.63, 3.8) is 0 Å². The molecule has 9 nitrogen and oxygen atoms in total. The van der Waals surface area contributed by atoms with Gasteiger partial charge in [0, 0.05) is 0 Å². The van der Waals surface area contributed by atoms with Gasteiger partial charge in [-0.25, -0.2) is 14.4 Å². The summed E-state index contributed by atoms with van der Waals surface area (Å²) in [5, 5.41) is 9.76. The largest absolute Gasteiger partial charge is 0.480 e. The number of carboxylic acid groups (broad SMARTS) is 1. The third-order valence-corrected chi connectivity index (χ3v) is 4.65. The standard InChI is InChI=1S/C27H39NO8/c1-19(34-18-20-14-10-8-11-15-20)22(29)17-13-9-12-16-21(23(30)31)28(24(32)35-26(2,3)4)25(33)36-27(5,6)7/h8,10-11,13-15,17,19,21H,9,12,16,18H2,1-7H3,(H,30,31)/b17-13+/t19?,21-/m0/s1. The van der Waals surface area contributed by atoms with Crippen molar-refractivity contribution in [1.29, 1.82) is 0 Å². The lowest BCUT2D eigenvalue weighted by Crippen LogP contribution is -2.52. The summed E-state index contributed by atoms with van der Waals surface area (Å²) < 4.78 is 16.1. The Morgan fingerprint density at radius 2 is 1.47 bits per heavy atom. The van der Waals surface area contributed by atoms with Gasteiger partial charge in [-0.1, -0.05) is 36.4 Å². The average molecular weight is 506 g/mol. The zero-order valence-corrected chi connectivity index (χ0v) is 22.3. The number of unbranched alkanes of at least 4 members (excludes halogenated alkanes) is 1. The van der Waals surface area contributed by atoms with E-state index in [1.165, 1.54) is 6.08 Å². The number of hydrogen-bond donors (Lipinski definition) is 1. The first-order valence-corrected chi connectivity index (χ1v) is 11.9. The third-order valence-electron chi connectivity index (χ3n) is 4.65. The Bertz CT molecular complexity index is 884. The molecular weight excluding hydrogens is 466 g/mol. The molecule has 2 amide bonds. The number of carbonyl (C=O) groups is 4. The zero-order chi connectivity index (χ0) is 27.5. The minimum atomic E-state index is -1.49. The number of hydrogen-bond acceptors (Lipinski definition) is 7. The van der Waals surface area contributed by atoms with Crippen molar-refractivity contribution in [2.75, 3.05) is 0 Å². The summed E-state index contributed by atoms with van der Waals surface area (Å²) in [6.07, 6.45) is 0.785. The first kappa shape index (κ1) is 30.8. The van der Waals surface area contributed by atoms with E-state index in [-0.39, 0.29) is 12.2 Å². The van der Waals surface area contributed by atoms with E-state index < -0.39 is 41.5 Å². The molecule has 2 atom stereocenters. The van der Waals surface area contributed by atoms with Crippen LogP contribution in [0.5, 0.6) is 0 Å². The zero-order valence-electron chi connectivity index (χ0n) is 22.3. The van der Waals surface area contributed by atoms with Crippen LogP contribution in [0.25, 0.3) is 0 Å². The second kappa shape index (κ2) is 13.8. The predicted octanol–water partition coefficient (Wildman–Crippen LogP) is 5.51. The van der Waals surface area contributed by atoms with Gasteiger partial charge in [0.1, 0.15) is 23.3 Å². The molecule has 9 heteroatoms. The molecule has 0 heterocycles. The van der Waals surface area contributed by atoms with E-state index in [1.54, 1.807) is 54.5 Å². The summed E-state index contributed by atoms with van der Waals surface area (Å²) in [4.78, 5) is 50.2. The van der Waals surface area contributed by atoms with Crippen LogP contribution in [0.15, 0.2) is 42.5 Å². The number of carboxylic acids is 1. The Labute approximate surface area is 213 Å². The van der Waals surface area contributed by atoms with E-state index in [2.05, 4.69) is 0 Å². The summed E-state index contributed by atoms with van der Waals surface area (Å²) in [7, 11) is 0. The lowest BCUT2D eigenvalue weighted by atomic mass is 10.1. The van der Waals surface area contributed by atoms with E-state index in [1.807, 2.05) is 30.3 Å². The lowest BCUT2D eigenvalue weighted by Gasteiger charge is -2.31. The van der Waals surface area contributed by atoms with Crippen molar-refractivity contribution in [1.82, 2.24) is 4.90 Å². The molecule has 1 N–H and O–H groups in total. The SMILES string of the molecule is CC(OCc1ccccc1)C(=O)/C=C/CCC[C@@H](C(=O)O)N(C(=O)OC(C)(C)C)C(=O)OC(C)(C)C. The predicted molar refractivity (Wildman–Crippen MR) is 134 cm³/mol. The van der Waals surface area contributed by atoms with Crippen molar-refractivity contribution in [3.05, 3.63) is 48.0 Å². The molecule has 0 saturated heterocycles. The van der Waals surface area contributed by atoms with Crippen LogP contribution < -0.4 is 0 Å². The second-order valence-electron chi connectivity index (χ2n) is 10.4. The van der Waals surface area contributed by atoms with Gasteiger partial charge in [0.2, 0.25) is 0 Å². The quantitative estimate of drug-likeness (QED) is 0.309. The number of ketones is 1. The molecule has 200 valence electrons. The molecule has 0 saturated carbocycles. The smallest absolute Gasteiger partial charge is 0.420 e. The highest BCUT2D eigenvalue weighted by atomic mass is 16.6. The van der Waals surface area contributed by atoms with E-state index >= 15 is 0 Å². The van der Waals surface area contributed by atoms with Crippen LogP contribution in [-0.4, -0.2) is 57.3 Å². The maximum absolute atomic E-state index is 12.7. The van der Waals surface area contributed by atoms with Crippen molar-refractivity contribution >= 4 is 23.9 Å². The van der Waals surface area contributed by atoms with Gasteiger partial charge in [-0.05, 0) is 79.4 Å². The van der Waals surface area contributed by atoms with Gasteiger partial charge in [0.15, 0.2) is 5.78 Å². The van der Waals surface area contributed by atoms with Crippen molar-refractivity contribution < 1.29 is 38.5 Å². The maximum Gasteiger partial charge on any atom is 0.420 e. The number of aliphatic carboxylic acids is 1. The molecule has 0 aliphatic carbocycles. The summed E-state index contributed by atoms with van der Waals surface area (Å²) in [6.45, 7) is 11.6. The molecule has 1 aromatic carbocycles. The lowest BCUT2D eigenvalue weighted by molar-refractivity contribution is -0.143. The number of carbonyl (C=O) groups excluding carboxylic acids is 3. The molecule has 0 spiro atoms. The Hall–Kier alpha value is -3.20. The fraction of sp³-hybridized carbons (Fsp3) is 0.556. The first-order chi connectivity index (χ1) is 16.6. The highest BCUT2D eigenvalue weighted by Gasteiger charge is 2.39. The molecule has 1 aromatic rings. The van der Waals surface area contributed by atoms with Crippen LogP contribution in [-0.2, 0) is 30.4 Å². The molecular formula is C27H39NO8. The maximum atomic E-state index is 12.7. The number of rotatable bonds is 11. The second-order valence-corrected chi connectivity index (χ2v) is 10.4. The number of benzene rings is 1. The summed E-state index contributed by atoms with van der Waals surface area (Å²) in [5.74, 6) is -1.58. The molecule has 1 rings (SSSR count). The Morgan fingerprint density at radius 1 is 0.944 bits per heavy atom. The number of ether oxygens (including phenoxy) is 3. The highest BCUT2D eigenvalue weighted by Crippen LogP contribution is 2.20. The Balaban J connectivity index is 2.75. The van der Waals surface area contributed by atoms with E-state index in [0.717, 1.165) is 5.56 Å². The fourth-order valence-electron chi connectivity index (χ4n) is 2.96. The van der Waals surface area contributed by atoms with Gasteiger partial charge in [-0.3, -0.25) is 4.79 Å². The monoisotopic (exact) mass is 505 g/mol. The van der Waals surface area contributed by atoms with Crippen molar-refractivity contribution in [3.8, 4) is 0 Å². The highest BCUT2D eigenvalue weighted by molar-refractivity contribution is 5.94. The minimum absolute atomic E-state index is 0.0492. The number of nitrogens with zero attached hydrogens (tertiary/aromatic N) is 1. The molecule has 36 heavy (non-hydrogen) atoms. The van der Waals surface area contributed by atoms with E-state index in [9.17, 15) is 24.3 Å². The molecule has 0 radical (unpaired) electrons. The molecule has 0 aliphatic heterocycles. The third kappa shape index (κ3) is 12.0. The van der Waals surface area contributed by atoms with Crippen LogP contribution in [0.2, 0.25) is 0 Å². The molecule has 0 aromatic heterocycles.